The first-order valence-corrected chi connectivity index (χ1v) is 7.03. The molecular formula is C15H19NO3. The number of carbonyl (C=O) groups is 1. The Labute approximate surface area is 113 Å². The molecule has 1 aliphatic heterocycles. The maximum absolute atomic E-state index is 12.2. The molecule has 1 N–H and O–H groups in total. The highest BCUT2D eigenvalue weighted by atomic mass is 16.6. The van der Waals surface area contributed by atoms with Crippen molar-refractivity contribution >= 4 is 11.6 Å². The van der Waals surface area contributed by atoms with E-state index in [9.17, 15) is 4.79 Å². The molecule has 0 bridgehead atoms. The third-order valence-corrected chi connectivity index (χ3v) is 3.79. The number of fused-ring (bicyclic) bond motifs is 1. The predicted octanol–water partition coefficient (Wildman–Crippen LogP) is 2.98. The van der Waals surface area contributed by atoms with Gasteiger partial charge in [-0.15, -0.1) is 0 Å². The predicted molar refractivity (Wildman–Crippen MR) is 72.6 cm³/mol. The lowest BCUT2D eigenvalue weighted by Gasteiger charge is -2.22. The second-order valence-corrected chi connectivity index (χ2v) is 5.18. The number of rotatable bonds is 2. The highest BCUT2D eigenvalue weighted by molar-refractivity contribution is 5.92. The lowest BCUT2D eigenvalue weighted by Crippen LogP contribution is -2.24. The summed E-state index contributed by atoms with van der Waals surface area (Å²) in [6.07, 6.45) is 5.61. The summed E-state index contributed by atoms with van der Waals surface area (Å²) in [7, 11) is 0. The van der Waals surface area contributed by atoms with Gasteiger partial charge in [0.2, 0.25) is 5.91 Å². The van der Waals surface area contributed by atoms with Gasteiger partial charge >= 0.3 is 0 Å². The second-order valence-electron chi connectivity index (χ2n) is 5.18. The summed E-state index contributed by atoms with van der Waals surface area (Å²) >= 11 is 0. The van der Waals surface area contributed by atoms with E-state index in [2.05, 4.69) is 5.32 Å². The molecule has 0 unspecified atom stereocenters. The Kier molecular flexibility index (Phi) is 3.58. The first-order chi connectivity index (χ1) is 9.33. The summed E-state index contributed by atoms with van der Waals surface area (Å²) < 4.78 is 11.0. The molecule has 4 heteroatoms. The zero-order valence-electron chi connectivity index (χ0n) is 11.0. The average molecular weight is 261 g/mol. The van der Waals surface area contributed by atoms with Crippen LogP contribution in [0.2, 0.25) is 0 Å². The molecule has 4 nitrogen and oxygen atoms in total. The Morgan fingerprint density at radius 1 is 1.05 bits per heavy atom. The molecule has 1 saturated carbocycles. The molecule has 0 spiro atoms. The molecule has 1 aliphatic carbocycles. The molecule has 19 heavy (non-hydrogen) atoms. The van der Waals surface area contributed by atoms with Crippen molar-refractivity contribution in [2.75, 3.05) is 18.5 Å². The topological polar surface area (TPSA) is 47.6 Å². The van der Waals surface area contributed by atoms with Crippen molar-refractivity contribution in [3.05, 3.63) is 18.2 Å². The molecule has 1 aromatic rings. The van der Waals surface area contributed by atoms with Gasteiger partial charge in [-0.1, -0.05) is 19.3 Å². The van der Waals surface area contributed by atoms with Crippen LogP contribution in [0.4, 0.5) is 5.69 Å². The standard InChI is InChI=1S/C15H19NO3/c17-15(11-4-2-1-3-5-11)16-12-6-7-13-14(10-12)19-9-8-18-13/h6-7,10-11H,1-5,8-9H2,(H,16,17). The number of benzene rings is 1. The van der Waals surface area contributed by atoms with Crippen LogP contribution in [0.1, 0.15) is 32.1 Å². The van der Waals surface area contributed by atoms with Gasteiger partial charge in [-0.2, -0.15) is 0 Å². The molecule has 1 aromatic carbocycles. The smallest absolute Gasteiger partial charge is 0.227 e. The van der Waals surface area contributed by atoms with Gasteiger partial charge in [0, 0.05) is 17.7 Å². The highest BCUT2D eigenvalue weighted by Crippen LogP contribution is 2.33. The van der Waals surface area contributed by atoms with E-state index < -0.39 is 0 Å². The van der Waals surface area contributed by atoms with Crippen LogP contribution >= 0.6 is 0 Å². The van der Waals surface area contributed by atoms with Gasteiger partial charge in [0.05, 0.1) is 0 Å². The van der Waals surface area contributed by atoms with E-state index in [0.717, 1.165) is 24.3 Å². The lowest BCUT2D eigenvalue weighted by atomic mass is 9.88. The SMILES string of the molecule is O=C(Nc1ccc2c(c1)OCCO2)C1CCCCC1. The maximum atomic E-state index is 12.2. The van der Waals surface area contributed by atoms with Crippen LogP contribution in [0, 0.1) is 5.92 Å². The number of nitrogens with one attached hydrogen (secondary N) is 1. The molecule has 1 fully saturated rings. The molecule has 1 amide bonds. The minimum absolute atomic E-state index is 0.136. The minimum atomic E-state index is 0.136. The van der Waals surface area contributed by atoms with Crippen LogP contribution in [0.3, 0.4) is 0 Å². The van der Waals surface area contributed by atoms with Crippen LogP contribution in [0.5, 0.6) is 11.5 Å². The van der Waals surface area contributed by atoms with Crippen molar-refractivity contribution in [1.29, 1.82) is 0 Å². The lowest BCUT2D eigenvalue weighted by molar-refractivity contribution is -0.120. The molecule has 0 saturated heterocycles. The first kappa shape index (κ1) is 12.3. The Morgan fingerprint density at radius 2 is 1.79 bits per heavy atom. The van der Waals surface area contributed by atoms with Gasteiger partial charge in [-0.05, 0) is 25.0 Å². The van der Waals surface area contributed by atoms with Gasteiger partial charge in [-0.25, -0.2) is 0 Å². The van der Waals surface area contributed by atoms with Gasteiger partial charge in [0.1, 0.15) is 13.2 Å². The van der Waals surface area contributed by atoms with Crippen LogP contribution in [-0.2, 0) is 4.79 Å². The molecular weight excluding hydrogens is 242 g/mol. The number of anilines is 1. The Bertz CT molecular complexity index is 466. The number of amides is 1. The zero-order chi connectivity index (χ0) is 13.1. The van der Waals surface area contributed by atoms with Crippen molar-refractivity contribution in [3.63, 3.8) is 0 Å². The highest BCUT2D eigenvalue weighted by Gasteiger charge is 2.21. The molecule has 3 rings (SSSR count). The summed E-state index contributed by atoms with van der Waals surface area (Å²) in [5.74, 6) is 1.77. The Balaban J connectivity index is 1.67. The van der Waals surface area contributed by atoms with Crippen molar-refractivity contribution < 1.29 is 14.3 Å². The Morgan fingerprint density at radius 3 is 2.58 bits per heavy atom. The monoisotopic (exact) mass is 261 g/mol. The van der Waals surface area contributed by atoms with Gasteiger partial charge in [-0.3, -0.25) is 4.79 Å². The normalized spacial score (nSPS) is 18.9. The quantitative estimate of drug-likeness (QED) is 0.890. The van der Waals surface area contributed by atoms with E-state index in [-0.39, 0.29) is 11.8 Å². The van der Waals surface area contributed by atoms with Crippen LogP contribution in [-0.4, -0.2) is 19.1 Å². The molecule has 102 valence electrons. The zero-order valence-corrected chi connectivity index (χ0v) is 11.0. The fourth-order valence-electron chi connectivity index (χ4n) is 2.73. The molecule has 0 atom stereocenters. The summed E-state index contributed by atoms with van der Waals surface area (Å²) in [5.41, 5.74) is 0.792. The largest absolute Gasteiger partial charge is 0.486 e. The molecule has 2 aliphatic rings. The summed E-state index contributed by atoms with van der Waals surface area (Å²) in [6.45, 7) is 1.15. The summed E-state index contributed by atoms with van der Waals surface area (Å²) in [4.78, 5) is 12.2. The van der Waals surface area contributed by atoms with Crippen LogP contribution in [0.25, 0.3) is 0 Å². The van der Waals surface area contributed by atoms with Gasteiger partial charge < -0.3 is 14.8 Å². The van der Waals surface area contributed by atoms with Crippen molar-refractivity contribution in [3.8, 4) is 11.5 Å². The number of ether oxygens (including phenoxy) is 2. The van der Waals surface area contributed by atoms with E-state index in [1.165, 1.54) is 19.3 Å². The number of hydrogen-bond acceptors (Lipinski definition) is 3. The maximum Gasteiger partial charge on any atom is 0.227 e. The van der Waals surface area contributed by atoms with E-state index >= 15 is 0 Å². The van der Waals surface area contributed by atoms with Gasteiger partial charge in [0.15, 0.2) is 11.5 Å². The first-order valence-electron chi connectivity index (χ1n) is 7.03. The average Bonchev–Trinajstić information content (AvgIpc) is 2.48. The number of carbonyl (C=O) groups excluding carboxylic acids is 1. The second kappa shape index (κ2) is 5.51. The van der Waals surface area contributed by atoms with Crippen molar-refractivity contribution in [2.45, 2.75) is 32.1 Å². The molecule has 0 aromatic heterocycles. The fourth-order valence-corrected chi connectivity index (χ4v) is 2.73. The Hall–Kier alpha value is -1.71. The van der Waals surface area contributed by atoms with E-state index in [4.69, 9.17) is 9.47 Å². The molecule has 1 heterocycles. The third-order valence-electron chi connectivity index (χ3n) is 3.79. The fraction of sp³-hybridized carbons (Fsp3) is 0.533. The van der Waals surface area contributed by atoms with Crippen LogP contribution < -0.4 is 14.8 Å². The van der Waals surface area contributed by atoms with E-state index in [0.29, 0.717) is 19.0 Å². The van der Waals surface area contributed by atoms with Gasteiger partial charge in [0.25, 0.3) is 0 Å². The third kappa shape index (κ3) is 2.83. The molecule has 0 radical (unpaired) electrons. The van der Waals surface area contributed by atoms with Crippen molar-refractivity contribution in [1.82, 2.24) is 0 Å². The van der Waals surface area contributed by atoms with E-state index in [1.807, 2.05) is 18.2 Å². The van der Waals surface area contributed by atoms with Crippen LogP contribution in [0.15, 0.2) is 18.2 Å². The van der Waals surface area contributed by atoms with Crippen molar-refractivity contribution in [2.24, 2.45) is 5.92 Å². The van der Waals surface area contributed by atoms with E-state index in [1.54, 1.807) is 0 Å². The minimum Gasteiger partial charge on any atom is -0.486 e. The number of hydrogen-bond donors (Lipinski definition) is 1. The summed E-state index contributed by atoms with van der Waals surface area (Å²) in [5, 5.41) is 2.99. The summed E-state index contributed by atoms with van der Waals surface area (Å²) in [6, 6.07) is 5.56.